The minimum Gasteiger partial charge on any atom is -0.481 e. The molecule has 1 fully saturated rings. The van der Waals surface area contributed by atoms with Crippen molar-refractivity contribution in [3.63, 3.8) is 0 Å². The first-order valence-electron chi connectivity index (χ1n) is 7.54. The second kappa shape index (κ2) is 6.92. The number of hydrogen-bond acceptors (Lipinski definition) is 3. The van der Waals surface area contributed by atoms with Crippen LogP contribution < -0.4 is 0 Å². The average Bonchev–Trinajstić information content (AvgIpc) is 2.80. The largest absolute Gasteiger partial charge is 0.481 e. The van der Waals surface area contributed by atoms with E-state index in [-0.39, 0.29) is 18.4 Å². The first-order valence-corrected chi connectivity index (χ1v) is 7.54. The summed E-state index contributed by atoms with van der Waals surface area (Å²) < 4.78 is 5.04. The minimum absolute atomic E-state index is 0.0698. The molecule has 1 heterocycles. The summed E-state index contributed by atoms with van der Waals surface area (Å²) in [5.41, 5.74) is 3.11. The van der Waals surface area contributed by atoms with Gasteiger partial charge in [0.05, 0.1) is 12.0 Å². The molecular weight excluding hydrogens is 282 g/mol. The van der Waals surface area contributed by atoms with E-state index >= 15 is 0 Å². The van der Waals surface area contributed by atoms with Crippen molar-refractivity contribution in [1.82, 2.24) is 4.90 Å². The van der Waals surface area contributed by atoms with Gasteiger partial charge in [0.15, 0.2) is 0 Å². The third-order valence-corrected chi connectivity index (χ3v) is 4.46. The zero-order valence-electron chi connectivity index (χ0n) is 13.3. The highest BCUT2D eigenvalue weighted by molar-refractivity contribution is 5.87. The van der Waals surface area contributed by atoms with Crippen LogP contribution in [0.25, 0.3) is 0 Å². The number of likely N-dealkylation sites (tertiary alicyclic amines) is 1. The molecule has 22 heavy (non-hydrogen) atoms. The van der Waals surface area contributed by atoms with Crippen LogP contribution >= 0.6 is 0 Å². The number of benzene rings is 1. The molecule has 1 aliphatic heterocycles. The maximum Gasteiger partial charge on any atom is 0.309 e. The van der Waals surface area contributed by atoms with Crippen LogP contribution in [0.4, 0.5) is 0 Å². The summed E-state index contributed by atoms with van der Waals surface area (Å²) in [4.78, 5) is 25.6. The molecular formula is C17H23NO4. The van der Waals surface area contributed by atoms with Crippen molar-refractivity contribution in [1.29, 1.82) is 0 Å². The average molecular weight is 305 g/mol. The predicted octanol–water partition coefficient (Wildman–Crippen LogP) is 2.31. The Hall–Kier alpha value is -1.88. The van der Waals surface area contributed by atoms with Gasteiger partial charge in [0, 0.05) is 26.7 Å². The number of aryl methyl sites for hydroxylation is 1. The Balaban J connectivity index is 2.37. The molecule has 0 aliphatic carbocycles. The molecule has 5 heteroatoms. The first-order chi connectivity index (χ1) is 10.5. The first kappa shape index (κ1) is 16.5. The van der Waals surface area contributed by atoms with E-state index in [1.165, 1.54) is 0 Å². The van der Waals surface area contributed by atoms with Gasteiger partial charge in [0.2, 0.25) is 5.91 Å². The van der Waals surface area contributed by atoms with E-state index in [9.17, 15) is 14.7 Å². The lowest BCUT2D eigenvalue weighted by Crippen LogP contribution is -2.32. The number of nitrogens with zero attached hydrogens (tertiary/aromatic N) is 1. The van der Waals surface area contributed by atoms with Crippen LogP contribution in [-0.2, 0) is 14.3 Å². The number of aliphatic carboxylic acids is 1. The summed E-state index contributed by atoms with van der Waals surface area (Å²) in [5.74, 6) is -1.68. The third-order valence-electron chi connectivity index (χ3n) is 4.46. The number of methoxy groups -OCH3 is 1. The van der Waals surface area contributed by atoms with Crippen molar-refractivity contribution >= 4 is 11.9 Å². The molecule has 0 unspecified atom stereocenters. The highest BCUT2D eigenvalue weighted by atomic mass is 16.5. The summed E-state index contributed by atoms with van der Waals surface area (Å²) in [6, 6.07) is 5.47. The molecule has 1 amide bonds. The third kappa shape index (κ3) is 3.14. The van der Waals surface area contributed by atoms with Gasteiger partial charge in [-0.1, -0.05) is 18.2 Å². The van der Waals surface area contributed by atoms with Gasteiger partial charge in [0.25, 0.3) is 0 Å². The van der Waals surface area contributed by atoms with Crippen LogP contribution in [0.2, 0.25) is 0 Å². The molecule has 0 saturated carbocycles. The molecule has 0 spiro atoms. The van der Waals surface area contributed by atoms with Gasteiger partial charge in [-0.15, -0.1) is 0 Å². The summed E-state index contributed by atoms with van der Waals surface area (Å²) >= 11 is 0. The number of carbonyl (C=O) groups excluding carboxylic acids is 1. The fourth-order valence-corrected chi connectivity index (χ4v) is 3.13. The van der Waals surface area contributed by atoms with Crippen molar-refractivity contribution < 1.29 is 19.4 Å². The lowest BCUT2D eigenvalue weighted by atomic mass is 9.89. The maximum atomic E-state index is 12.3. The second-order valence-electron chi connectivity index (χ2n) is 5.82. The molecule has 1 N–H and O–H groups in total. The van der Waals surface area contributed by atoms with E-state index in [1.807, 2.05) is 32.0 Å². The Morgan fingerprint density at radius 3 is 2.77 bits per heavy atom. The molecule has 5 nitrogen and oxygen atoms in total. The molecule has 0 bridgehead atoms. The summed E-state index contributed by atoms with van der Waals surface area (Å²) in [6.07, 6.45) is 0.774. The van der Waals surface area contributed by atoms with Gasteiger partial charge >= 0.3 is 5.97 Å². The molecule has 1 aliphatic rings. The quantitative estimate of drug-likeness (QED) is 0.819. The molecule has 0 aromatic heterocycles. The smallest absolute Gasteiger partial charge is 0.309 e. The number of hydrogen-bond donors (Lipinski definition) is 1. The lowest BCUT2D eigenvalue weighted by Gasteiger charge is -2.29. The topological polar surface area (TPSA) is 66.8 Å². The Labute approximate surface area is 130 Å². The van der Waals surface area contributed by atoms with E-state index in [1.54, 1.807) is 12.0 Å². The van der Waals surface area contributed by atoms with Crippen LogP contribution in [0.1, 0.15) is 35.6 Å². The predicted molar refractivity (Wildman–Crippen MR) is 82.6 cm³/mol. The van der Waals surface area contributed by atoms with E-state index < -0.39 is 11.9 Å². The summed E-state index contributed by atoms with van der Waals surface area (Å²) in [7, 11) is 1.62. The Kier molecular flexibility index (Phi) is 5.19. The van der Waals surface area contributed by atoms with Gasteiger partial charge in [-0.2, -0.15) is 0 Å². The number of carboxylic acids is 1. The maximum absolute atomic E-state index is 12.3. The van der Waals surface area contributed by atoms with Crippen molar-refractivity contribution in [2.75, 3.05) is 20.3 Å². The second-order valence-corrected chi connectivity index (χ2v) is 5.82. The minimum atomic E-state index is -0.909. The highest BCUT2D eigenvalue weighted by Crippen LogP contribution is 2.40. The van der Waals surface area contributed by atoms with Gasteiger partial charge in [-0.25, -0.2) is 0 Å². The summed E-state index contributed by atoms with van der Waals surface area (Å²) in [5, 5.41) is 9.51. The molecule has 2 atom stereocenters. The number of amides is 1. The van der Waals surface area contributed by atoms with E-state index in [0.717, 1.165) is 16.7 Å². The van der Waals surface area contributed by atoms with Crippen molar-refractivity contribution in [3.8, 4) is 0 Å². The van der Waals surface area contributed by atoms with Gasteiger partial charge in [-0.05, 0) is 37.0 Å². The number of rotatable bonds is 6. The summed E-state index contributed by atoms with van der Waals surface area (Å²) in [6.45, 7) is 5.07. The molecule has 0 radical (unpaired) electrons. The van der Waals surface area contributed by atoms with Crippen LogP contribution in [0.5, 0.6) is 0 Å². The Morgan fingerprint density at radius 1 is 1.41 bits per heavy atom. The van der Waals surface area contributed by atoms with E-state index in [0.29, 0.717) is 19.6 Å². The van der Waals surface area contributed by atoms with Gasteiger partial charge in [0.1, 0.15) is 0 Å². The highest BCUT2D eigenvalue weighted by Gasteiger charge is 2.44. The Bertz CT molecular complexity index is 570. The van der Waals surface area contributed by atoms with Crippen LogP contribution in [0.15, 0.2) is 18.2 Å². The lowest BCUT2D eigenvalue weighted by molar-refractivity contribution is -0.142. The van der Waals surface area contributed by atoms with Crippen LogP contribution in [-0.4, -0.2) is 42.1 Å². The molecule has 1 aromatic rings. The molecule has 1 saturated heterocycles. The molecule has 2 rings (SSSR count). The zero-order chi connectivity index (χ0) is 16.3. The Morgan fingerprint density at radius 2 is 2.14 bits per heavy atom. The van der Waals surface area contributed by atoms with Gasteiger partial charge in [-0.3, -0.25) is 9.59 Å². The normalized spacial score (nSPS) is 21.4. The fraction of sp³-hybridized carbons (Fsp3) is 0.529. The van der Waals surface area contributed by atoms with Crippen molar-refractivity contribution in [3.05, 3.63) is 34.9 Å². The molecule has 120 valence electrons. The van der Waals surface area contributed by atoms with E-state index in [4.69, 9.17) is 4.74 Å². The number of ether oxygens (including phenoxy) is 1. The van der Waals surface area contributed by atoms with Crippen molar-refractivity contribution in [2.24, 2.45) is 5.92 Å². The van der Waals surface area contributed by atoms with Crippen molar-refractivity contribution in [2.45, 2.75) is 32.7 Å². The van der Waals surface area contributed by atoms with Gasteiger partial charge < -0.3 is 14.7 Å². The monoisotopic (exact) mass is 305 g/mol. The van der Waals surface area contributed by atoms with Crippen LogP contribution in [0, 0.1) is 19.8 Å². The SMILES string of the molecule is COCCCN1C(=O)C[C@H](C(=O)O)[C@H]1c1cccc(C)c1C. The fourth-order valence-electron chi connectivity index (χ4n) is 3.13. The van der Waals surface area contributed by atoms with Crippen LogP contribution in [0.3, 0.4) is 0 Å². The number of carbonyl (C=O) groups is 2. The number of carboxylic acid groups (broad SMARTS) is 1. The van der Waals surface area contributed by atoms with E-state index in [2.05, 4.69) is 0 Å². The molecule has 1 aromatic carbocycles. The standard InChI is InChI=1S/C17H23NO4/c1-11-6-4-7-13(12(11)2)16-14(17(20)21)10-15(19)18(16)8-5-9-22-3/h4,6-7,14,16H,5,8-10H2,1-3H3,(H,20,21)/t14-,16+/m0/s1. The zero-order valence-corrected chi connectivity index (χ0v) is 13.3.